The van der Waals surface area contributed by atoms with Crippen molar-refractivity contribution in [2.75, 3.05) is 26.2 Å². The molecule has 6 heterocycles. The Labute approximate surface area is 430 Å². The second-order valence-electron chi connectivity index (χ2n) is 18.5. The molecule has 8 rings (SSSR count). The standard InChI is InChI=1S/C26H31N5O7S.C22H23N5O7S/c1-26(2,3)38-22(34)14-17(15-32)27-23(35)18-8-6-11-30-21(33)10-12-29(25(37)31(18)30)28-24(36)20-13-16-7-4-5-9-19(16)39-20;28-12-14(11-19(30)31)23-20(32)15-5-3-8-26-18(29)7-9-25(22(34)27(15)26)24-21(33)17-10-13-4-1-2-6-16(13)35-17/h4-5,7,9,13,15,17-18H,6,8,10-12,14H2,1-3H3,(H,27,35)(H,28,36);1-2,4,6,10,12,14-15H,3,5,7-9,11H2,(H,23,32)(H,24,33)(H,30,31)/t17-,18-;14-,15-/m00/s1. The Bertz CT molecular complexity index is 2820. The number of nitrogens with one attached hydrogen (secondary N) is 4. The van der Waals surface area contributed by atoms with E-state index < -0.39 is 89.7 Å². The molecule has 0 radical (unpaired) electrons. The SMILES string of the molecule is CC(C)(C)OC(=O)C[C@@H](C=O)NC(=O)[C@@H]1CCCN2C(=O)CCN(NC(=O)c3cc4ccccc4s3)C(=O)N12.O=C[C@H](CC(=O)O)NC(=O)[C@@H]1CCCN2C(=O)CCN(NC(=O)c3cc4ccccc4s3)C(=O)N12. The third-order valence-electron chi connectivity index (χ3n) is 11.9. The van der Waals surface area contributed by atoms with Crippen molar-refractivity contribution in [1.82, 2.24) is 51.5 Å². The molecule has 24 nitrogen and oxygen atoms in total. The lowest BCUT2D eigenvalue weighted by molar-refractivity contribution is -0.157. The first kappa shape index (κ1) is 53.8. The van der Waals surface area contributed by atoms with Crippen LogP contribution in [0.15, 0.2) is 60.7 Å². The lowest BCUT2D eigenvalue weighted by Gasteiger charge is -2.42. The Kier molecular flexibility index (Phi) is 16.9. The molecular weight excluding hydrogens is 1000 g/mol. The predicted molar refractivity (Wildman–Crippen MR) is 264 cm³/mol. The molecule has 26 heteroatoms. The first-order chi connectivity index (χ1) is 35.2. The van der Waals surface area contributed by atoms with Crippen LogP contribution in [0, 0.1) is 0 Å². The van der Waals surface area contributed by atoms with Crippen molar-refractivity contribution in [2.24, 2.45) is 0 Å². The summed E-state index contributed by atoms with van der Waals surface area (Å²) in [5.41, 5.74) is 4.37. The van der Waals surface area contributed by atoms with Crippen LogP contribution in [0.25, 0.3) is 20.2 Å². The molecule has 5 N–H and O–H groups in total. The predicted octanol–water partition coefficient (Wildman–Crippen LogP) is 2.73. The fourth-order valence-corrected chi connectivity index (χ4v) is 10.5. The summed E-state index contributed by atoms with van der Waals surface area (Å²) >= 11 is 2.53. The number of carbonyl (C=O) groups is 12. The highest BCUT2D eigenvalue weighted by atomic mass is 32.1. The maximum absolute atomic E-state index is 13.6. The van der Waals surface area contributed by atoms with Gasteiger partial charge in [-0.25, -0.2) is 39.6 Å². The van der Waals surface area contributed by atoms with Crippen molar-refractivity contribution in [1.29, 1.82) is 0 Å². The van der Waals surface area contributed by atoms with Crippen molar-refractivity contribution in [3.63, 3.8) is 0 Å². The van der Waals surface area contributed by atoms with Crippen molar-refractivity contribution in [2.45, 2.75) is 102 Å². The lowest BCUT2D eigenvalue weighted by atomic mass is 10.1. The first-order valence-corrected chi connectivity index (χ1v) is 25.2. The molecule has 0 aliphatic carbocycles. The van der Waals surface area contributed by atoms with Gasteiger partial charge in [0.25, 0.3) is 11.8 Å². The molecule has 0 spiro atoms. The highest BCUT2D eigenvalue weighted by Gasteiger charge is 2.46. The van der Waals surface area contributed by atoms with Gasteiger partial charge in [0.05, 0.1) is 47.8 Å². The zero-order valence-corrected chi connectivity index (χ0v) is 42.1. The van der Waals surface area contributed by atoms with Gasteiger partial charge in [-0.1, -0.05) is 36.4 Å². The van der Waals surface area contributed by atoms with Gasteiger partial charge in [0.2, 0.25) is 23.6 Å². The van der Waals surface area contributed by atoms with Crippen LogP contribution < -0.4 is 21.5 Å². The lowest BCUT2D eigenvalue weighted by Crippen LogP contribution is -2.64. The number of urea groups is 2. The normalized spacial score (nSPS) is 18.9. The van der Waals surface area contributed by atoms with Gasteiger partial charge in [0, 0.05) is 35.3 Å². The monoisotopic (exact) mass is 1060 g/mol. The molecule has 4 saturated heterocycles. The van der Waals surface area contributed by atoms with E-state index in [1.165, 1.54) is 32.7 Å². The molecule has 0 bridgehead atoms. The molecule has 74 heavy (non-hydrogen) atoms. The number of thiophene rings is 2. The van der Waals surface area contributed by atoms with E-state index in [1.54, 1.807) is 32.9 Å². The second kappa shape index (κ2) is 23.3. The van der Waals surface area contributed by atoms with E-state index in [0.29, 0.717) is 35.2 Å². The Balaban J connectivity index is 0.000000217. The highest BCUT2D eigenvalue weighted by Crippen LogP contribution is 2.29. The summed E-state index contributed by atoms with van der Waals surface area (Å²) < 4.78 is 7.04. The van der Waals surface area contributed by atoms with Crippen LogP contribution >= 0.6 is 22.7 Å². The number of carboxylic acids is 1. The summed E-state index contributed by atoms with van der Waals surface area (Å²) in [7, 11) is 0. The molecule has 2 aromatic heterocycles. The number of benzene rings is 2. The molecule has 10 amide bonds. The van der Waals surface area contributed by atoms with Crippen LogP contribution in [0.1, 0.15) is 91.5 Å². The summed E-state index contributed by atoms with van der Waals surface area (Å²) in [5, 5.41) is 22.0. The summed E-state index contributed by atoms with van der Waals surface area (Å²) in [4.78, 5) is 151. The maximum Gasteiger partial charge on any atom is 0.358 e. The summed E-state index contributed by atoms with van der Waals surface area (Å²) in [6, 6.07) is 12.1. The second-order valence-corrected chi connectivity index (χ2v) is 20.6. The highest BCUT2D eigenvalue weighted by molar-refractivity contribution is 7.21. The average molecular weight is 1060 g/mol. The number of hydrogen-bond donors (Lipinski definition) is 5. The topological polar surface area (TPSA) is 302 Å². The van der Waals surface area contributed by atoms with Crippen LogP contribution in [-0.2, 0) is 43.1 Å². The third kappa shape index (κ3) is 12.8. The fourth-order valence-electron chi connectivity index (χ4n) is 8.55. The first-order valence-electron chi connectivity index (χ1n) is 23.6. The Morgan fingerprint density at radius 2 is 1.08 bits per heavy atom. The van der Waals surface area contributed by atoms with Gasteiger partial charge in [-0.2, -0.15) is 0 Å². The van der Waals surface area contributed by atoms with E-state index in [1.807, 2.05) is 48.5 Å². The largest absolute Gasteiger partial charge is 0.481 e. The number of aliphatic carboxylic acids is 1. The number of aldehydes is 2. The molecule has 392 valence electrons. The zero-order chi connectivity index (χ0) is 53.4. The Morgan fingerprint density at radius 1 is 0.662 bits per heavy atom. The number of esters is 1. The smallest absolute Gasteiger partial charge is 0.358 e. The molecule has 0 unspecified atom stereocenters. The van der Waals surface area contributed by atoms with Crippen LogP contribution in [-0.4, -0.2) is 163 Å². The van der Waals surface area contributed by atoms with E-state index in [0.717, 1.165) is 40.2 Å². The molecule has 4 aromatic rings. The minimum atomic E-state index is -1.28. The third-order valence-corrected chi connectivity index (χ3v) is 14.1. The number of nitrogens with zero attached hydrogens (tertiary/aromatic N) is 6. The molecule has 2 aromatic carbocycles. The van der Waals surface area contributed by atoms with Gasteiger partial charge < -0.3 is 30.1 Å². The molecule has 4 aliphatic rings. The molecule has 4 aliphatic heterocycles. The van der Waals surface area contributed by atoms with Crippen molar-refractivity contribution in [3.8, 4) is 0 Å². The summed E-state index contributed by atoms with van der Waals surface area (Å²) in [6.45, 7) is 5.31. The van der Waals surface area contributed by atoms with Crippen LogP contribution in [0.3, 0.4) is 0 Å². The quantitative estimate of drug-likeness (QED) is 0.0897. The number of fused-ring (bicyclic) bond motifs is 4. The van der Waals surface area contributed by atoms with Gasteiger partial charge in [-0.05, 0) is 81.5 Å². The van der Waals surface area contributed by atoms with Crippen molar-refractivity contribution in [3.05, 3.63) is 70.4 Å². The van der Waals surface area contributed by atoms with Crippen LogP contribution in [0.2, 0.25) is 0 Å². The Hall–Kier alpha value is -8.00. The number of rotatable bonds is 14. The molecule has 4 atom stereocenters. The van der Waals surface area contributed by atoms with E-state index in [2.05, 4.69) is 21.5 Å². The van der Waals surface area contributed by atoms with E-state index in [-0.39, 0.29) is 64.2 Å². The summed E-state index contributed by atoms with van der Waals surface area (Å²) in [5.74, 6) is -5.20. The fraction of sp³-hybridized carbons (Fsp3) is 0.417. The Morgan fingerprint density at radius 3 is 1.47 bits per heavy atom. The van der Waals surface area contributed by atoms with E-state index >= 15 is 0 Å². The van der Waals surface area contributed by atoms with Gasteiger partial charge >= 0.3 is 24.0 Å². The minimum Gasteiger partial charge on any atom is -0.481 e. The number of amides is 10. The van der Waals surface area contributed by atoms with Gasteiger partial charge in [0.15, 0.2) is 0 Å². The van der Waals surface area contributed by atoms with E-state index in [9.17, 15) is 57.5 Å². The van der Waals surface area contributed by atoms with Crippen molar-refractivity contribution < 1.29 is 67.4 Å². The average Bonchev–Trinajstić information content (AvgIpc) is 3.97. The number of carbonyl (C=O) groups excluding carboxylic acids is 11. The minimum absolute atomic E-state index is 0.0567. The number of hydrazine groups is 4. The number of ether oxygens (including phenoxy) is 1. The molecule has 0 saturated carbocycles. The molecule has 4 fully saturated rings. The van der Waals surface area contributed by atoms with Crippen LogP contribution in [0.5, 0.6) is 0 Å². The van der Waals surface area contributed by atoms with Crippen LogP contribution in [0.4, 0.5) is 9.59 Å². The van der Waals surface area contributed by atoms with Gasteiger partial charge in [-0.3, -0.25) is 49.2 Å². The number of carboxylic acid groups (broad SMARTS) is 1. The van der Waals surface area contributed by atoms with Gasteiger partial charge in [0.1, 0.15) is 30.3 Å². The van der Waals surface area contributed by atoms with Gasteiger partial charge in [-0.15, -0.1) is 22.7 Å². The maximum atomic E-state index is 13.6. The number of hydrogen-bond acceptors (Lipinski definition) is 15. The summed E-state index contributed by atoms with van der Waals surface area (Å²) in [6.07, 6.45) is 0.887. The molecular formula is C48H54N10O14S2. The zero-order valence-electron chi connectivity index (χ0n) is 40.5. The van der Waals surface area contributed by atoms with E-state index in [4.69, 9.17) is 9.84 Å². The van der Waals surface area contributed by atoms with Crippen molar-refractivity contribution >= 4 is 115 Å².